The number of pyridine rings is 1. The van der Waals surface area contributed by atoms with Crippen LogP contribution in [0.3, 0.4) is 0 Å². The van der Waals surface area contributed by atoms with Crippen LogP contribution in [0.5, 0.6) is 0 Å². The van der Waals surface area contributed by atoms with E-state index >= 15 is 0 Å². The minimum atomic E-state index is -0.442. The first-order valence-electron chi connectivity index (χ1n) is 5.02. The Morgan fingerprint density at radius 2 is 2.00 bits per heavy atom. The molecule has 0 aliphatic heterocycles. The molecule has 0 spiro atoms. The number of nitrogens with one attached hydrogen (secondary N) is 1. The number of carbonyl (C=O) groups is 1. The van der Waals surface area contributed by atoms with E-state index in [-0.39, 0.29) is 16.8 Å². The van der Waals surface area contributed by atoms with Gasteiger partial charge in [0.05, 0.1) is 10.9 Å². The number of carbonyl (C=O) groups excluding carboxylic acids is 1. The number of hydrogen-bond donors (Lipinski definition) is 2. The first kappa shape index (κ1) is 12.6. The molecule has 0 aliphatic rings. The predicted octanol–water partition coefficient (Wildman–Crippen LogP) is 1.58. The molecule has 3 N–H and O–H groups in total. The fourth-order valence-electron chi connectivity index (χ4n) is 1.42. The molecule has 1 heterocycles. The highest BCUT2D eigenvalue weighted by Crippen LogP contribution is 2.14. The van der Waals surface area contributed by atoms with Gasteiger partial charge in [0, 0.05) is 18.1 Å². The molecule has 0 fully saturated rings. The van der Waals surface area contributed by atoms with E-state index < -0.39 is 5.92 Å². The minimum absolute atomic E-state index is 0.0827. The molecule has 5 heteroatoms. The summed E-state index contributed by atoms with van der Waals surface area (Å²) in [7, 11) is 0. The third-order valence-corrected chi connectivity index (χ3v) is 2.46. The van der Waals surface area contributed by atoms with E-state index in [1.807, 2.05) is 13.8 Å². The maximum absolute atomic E-state index is 11.9. The van der Waals surface area contributed by atoms with E-state index in [0.29, 0.717) is 5.69 Å². The van der Waals surface area contributed by atoms with E-state index in [1.165, 1.54) is 0 Å². The average Bonchev–Trinajstić information content (AvgIpc) is 2.17. The van der Waals surface area contributed by atoms with Crippen molar-refractivity contribution in [1.82, 2.24) is 4.98 Å². The van der Waals surface area contributed by atoms with Crippen LogP contribution in [-0.4, -0.2) is 15.9 Å². The second kappa shape index (κ2) is 5.55. The van der Waals surface area contributed by atoms with Crippen LogP contribution in [0.1, 0.15) is 13.8 Å². The van der Waals surface area contributed by atoms with Gasteiger partial charge in [-0.05, 0) is 18.1 Å². The summed E-state index contributed by atoms with van der Waals surface area (Å²) >= 11 is 4.89. The van der Waals surface area contributed by atoms with E-state index in [4.69, 9.17) is 18.0 Å². The minimum Gasteiger partial charge on any atom is -0.393 e. The van der Waals surface area contributed by atoms with Crippen LogP contribution in [0, 0.1) is 11.8 Å². The van der Waals surface area contributed by atoms with Crippen molar-refractivity contribution in [3.8, 4) is 0 Å². The summed E-state index contributed by atoms with van der Waals surface area (Å²) in [5, 5.41) is 2.76. The van der Waals surface area contributed by atoms with Gasteiger partial charge in [-0.15, -0.1) is 0 Å². The molecule has 0 aromatic carbocycles. The summed E-state index contributed by atoms with van der Waals surface area (Å²) in [5.41, 5.74) is 6.25. The third kappa shape index (κ3) is 3.27. The number of nitrogens with zero attached hydrogens (tertiary/aromatic N) is 1. The molecule has 1 amide bonds. The van der Waals surface area contributed by atoms with Crippen molar-refractivity contribution in [3.63, 3.8) is 0 Å². The number of thiocarbonyl (C=S) groups is 1. The van der Waals surface area contributed by atoms with Gasteiger partial charge in [0.1, 0.15) is 0 Å². The number of hydrogen-bond acceptors (Lipinski definition) is 3. The van der Waals surface area contributed by atoms with Gasteiger partial charge in [-0.25, -0.2) is 0 Å². The topological polar surface area (TPSA) is 68.0 Å². The van der Waals surface area contributed by atoms with Gasteiger partial charge in [-0.1, -0.05) is 26.1 Å². The van der Waals surface area contributed by atoms with Crippen molar-refractivity contribution < 1.29 is 4.79 Å². The molecule has 1 unspecified atom stereocenters. The zero-order valence-electron chi connectivity index (χ0n) is 9.31. The molecular formula is C11H15N3OS. The van der Waals surface area contributed by atoms with Gasteiger partial charge in [-0.2, -0.15) is 0 Å². The van der Waals surface area contributed by atoms with Gasteiger partial charge in [0.15, 0.2) is 0 Å². The van der Waals surface area contributed by atoms with Crippen molar-refractivity contribution in [2.75, 3.05) is 5.32 Å². The Hall–Kier alpha value is -1.49. The summed E-state index contributed by atoms with van der Waals surface area (Å²) in [6, 6.07) is 3.43. The van der Waals surface area contributed by atoms with E-state index in [9.17, 15) is 4.79 Å². The maximum atomic E-state index is 11.9. The molecule has 0 aliphatic carbocycles. The average molecular weight is 237 g/mol. The lowest BCUT2D eigenvalue weighted by atomic mass is 9.95. The van der Waals surface area contributed by atoms with Crippen molar-refractivity contribution >= 4 is 28.8 Å². The monoisotopic (exact) mass is 237 g/mol. The zero-order valence-corrected chi connectivity index (χ0v) is 10.1. The molecule has 1 aromatic heterocycles. The molecule has 1 atom stereocenters. The van der Waals surface area contributed by atoms with E-state index in [0.717, 1.165) is 0 Å². The normalized spacial score (nSPS) is 12.2. The number of amides is 1. The van der Waals surface area contributed by atoms with Crippen LogP contribution in [0.4, 0.5) is 5.69 Å². The lowest BCUT2D eigenvalue weighted by molar-refractivity contribution is -0.118. The Morgan fingerprint density at radius 3 is 2.44 bits per heavy atom. The second-order valence-electron chi connectivity index (χ2n) is 3.85. The largest absolute Gasteiger partial charge is 0.393 e. The van der Waals surface area contributed by atoms with Crippen molar-refractivity contribution in [2.45, 2.75) is 13.8 Å². The quantitative estimate of drug-likeness (QED) is 0.780. The molecule has 4 nitrogen and oxygen atoms in total. The number of nitrogens with two attached hydrogens (primary N) is 1. The summed E-state index contributed by atoms with van der Waals surface area (Å²) in [4.78, 5) is 16.0. The van der Waals surface area contributed by atoms with Crippen LogP contribution in [0.25, 0.3) is 0 Å². The van der Waals surface area contributed by atoms with Gasteiger partial charge in [0.2, 0.25) is 5.91 Å². The van der Waals surface area contributed by atoms with Gasteiger partial charge in [-0.3, -0.25) is 9.78 Å². The summed E-state index contributed by atoms with van der Waals surface area (Å²) in [6.07, 6.45) is 3.22. The maximum Gasteiger partial charge on any atom is 0.234 e. The van der Waals surface area contributed by atoms with E-state index in [1.54, 1.807) is 24.5 Å². The lowest BCUT2D eigenvalue weighted by Crippen LogP contribution is -2.36. The zero-order chi connectivity index (χ0) is 12.1. The first-order valence-corrected chi connectivity index (χ1v) is 5.43. The first-order chi connectivity index (χ1) is 7.52. The molecule has 0 radical (unpaired) electrons. The van der Waals surface area contributed by atoms with Gasteiger partial charge >= 0.3 is 0 Å². The van der Waals surface area contributed by atoms with Crippen molar-refractivity contribution in [3.05, 3.63) is 24.5 Å². The standard InChI is InChI=1S/C11H15N3OS/c1-7(2)9(10(12)16)11(15)14-8-3-5-13-6-4-8/h3-7,9H,1-2H3,(H2,12,16)(H,13,14,15). The molecule has 1 aromatic rings. The van der Waals surface area contributed by atoms with E-state index in [2.05, 4.69) is 10.3 Å². The van der Waals surface area contributed by atoms with Crippen LogP contribution >= 0.6 is 12.2 Å². The fraction of sp³-hybridized carbons (Fsp3) is 0.364. The predicted molar refractivity (Wildman–Crippen MR) is 68.0 cm³/mol. The molecule has 16 heavy (non-hydrogen) atoms. The van der Waals surface area contributed by atoms with Gasteiger partial charge < -0.3 is 11.1 Å². The number of aromatic nitrogens is 1. The van der Waals surface area contributed by atoms with Crippen LogP contribution in [0.2, 0.25) is 0 Å². The molecule has 0 saturated carbocycles. The Labute approximate surface area is 100 Å². The number of anilines is 1. The Morgan fingerprint density at radius 1 is 1.44 bits per heavy atom. The summed E-state index contributed by atoms with van der Waals surface area (Å²) < 4.78 is 0. The smallest absolute Gasteiger partial charge is 0.234 e. The number of rotatable bonds is 4. The molecular weight excluding hydrogens is 222 g/mol. The highest BCUT2D eigenvalue weighted by atomic mass is 32.1. The summed E-state index contributed by atoms with van der Waals surface area (Å²) in [6.45, 7) is 3.83. The molecule has 0 bridgehead atoms. The third-order valence-electron chi connectivity index (χ3n) is 2.20. The van der Waals surface area contributed by atoms with Crippen molar-refractivity contribution in [2.24, 2.45) is 17.6 Å². The SMILES string of the molecule is CC(C)C(C(=O)Nc1ccncc1)C(N)=S. The highest BCUT2D eigenvalue weighted by molar-refractivity contribution is 7.80. The molecule has 0 saturated heterocycles. The van der Waals surface area contributed by atoms with Crippen LogP contribution in [-0.2, 0) is 4.79 Å². The summed E-state index contributed by atoms with van der Waals surface area (Å²) in [5.74, 6) is -0.531. The van der Waals surface area contributed by atoms with Crippen LogP contribution in [0.15, 0.2) is 24.5 Å². The lowest BCUT2D eigenvalue weighted by Gasteiger charge is -2.18. The fourth-order valence-corrected chi connectivity index (χ4v) is 1.79. The second-order valence-corrected chi connectivity index (χ2v) is 4.32. The molecule has 86 valence electrons. The van der Waals surface area contributed by atoms with Crippen LogP contribution < -0.4 is 11.1 Å². The van der Waals surface area contributed by atoms with Gasteiger partial charge in [0.25, 0.3) is 0 Å². The Bertz CT molecular complexity index is 378. The van der Waals surface area contributed by atoms with Crippen molar-refractivity contribution in [1.29, 1.82) is 0 Å². The highest BCUT2D eigenvalue weighted by Gasteiger charge is 2.24. The molecule has 1 rings (SSSR count). The Kier molecular flexibility index (Phi) is 4.37. The Balaban J connectivity index is 2.74.